The maximum atomic E-state index is 12.6. The van der Waals surface area contributed by atoms with Gasteiger partial charge in [0, 0.05) is 5.02 Å². The molecule has 0 atom stereocenters. The van der Waals surface area contributed by atoms with Gasteiger partial charge in [0.1, 0.15) is 0 Å². The van der Waals surface area contributed by atoms with Crippen LogP contribution in [0.5, 0.6) is 0 Å². The Labute approximate surface area is 134 Å². The number of hydrogen-bond acceptors (Lipinski definition) is 3. The maximum absolute atomic E-state index is 12.6. The quantitative estimate of drug-likeness (QED) is 0.941. The molecule has 1 fully saturated rings. The van der Waals surface area contributed by atoms with Crippen LogP contribution in [0.3, 0.4) is 0 Å². The summed E-state index contributed by atoms with van der Waals surface area (Å²) in [4.78, 5) is 12.6. The number of carbonyl (C=O) groups is 1. The van der Waals surface area contributed by atoms with Crippen molar-refractivity contribution in [2.45, 2.75) is 38.1 Å². The van der Waals surface area contributed by atoms with Crippen LogP contribution in [0.25, 0.3) is 0 Å². The lowest BCUT2D eigenvalue weighted by atomic mass is 9.88. The molecule has 3 rings (SSSR count). The summed E-state index contributed by atoms with van der Waals surface area (Å²) in [6.07, 6.45) is 5.61. The number of aryl methyl sites for hydroxylation is 1. The molecule has 0 spiro atoms. The minimum atomic E-state index is -0.307. The normalized spacial score (nSPS) is 16.5. The molecule has 0 unspecified atom stereocenters. The van der Waals surface area contributed by atoms with Gasteiger partial charge < -0.3 is 5.32 Å². The first-order valence-corrected chi connectivity index (χ1v) is 7.85. The Balaban J connectivity index is 1.88. The van der Waals surface area contributed by atoms with Crippen molar-refractivity contribution >= 4 is 17.5 Å². The molecule has 1 amide bonds. The Bertz CT molecular complexity index is 679. The molecule has 1 N–H and O–H groups in total. The Kier molecular flexibility index (Phi) is 4.12. The highest BCUT2D eigenvalue weighted by atomic mass is 35.5. The number of aromatic nitrogens is 2. The number of nitrogens with zero attached hydrogens (tertiary/aromatic N) is 2. The summed E-state index contributed by atoms with van der Waals surface area (Å²) in [5.74, 6) is -0.102. The van der Waals surface area contributed by atoms with Crippen LogP contribution in [-0.4, -0.2) is 16.1 Å². The average molecular weight is 316 g/mol. The van der Waals surface area contributed by atoms with Gasteiger partial charge in [0.25, 0.3) is 5.91 Å². The predicted molar refractivity (Wildman–Crippen MR) is 85.8 cm³/mol. The van der Waals surface area contributed by atoms with E-state index in [1.807, 2.05) is 31.2 Å². The third kappa shape index (κ3) is 2.97. The topological polar surface area (TPSA) is 54.9 Å². The van der Waals surface area contributed by atoms with E-state index in [4.69, 9.17) is 11.6 Å². The second-order valence-corrected chi connectivity index (χ2v) is 6.27. The SMILES string of the molecule is Cc1cc(C(=O)NC2(c3ccc(Cl)cc3)CCCC2)cnn1. The molecule has 0 saturated heterocycles. The average Bonchev–Trinajstić information content (AvgIpc) is 2.97. The van der Waals surface area contributed by atoms with E-state index < -0.39 is 0 Å². The summed E-state index contributed by atoms with van der Waals surface area (Å²) in [5.41, 5.74) is 2.09. The minimum Gasteiger partial charge on any atom is -0.342 e. The van der Waals surface area contributed by atoms with Crippen molar-refractivity contribution in [3.63, 3.8) is 0 Å². The zero-order chi connectivity index (χ0) is 15.6. The zero-order valence-corrected chi connectivity index (χ0v) is 13.2. The van der Waals surface area contributed by atoms with E-state index in [0.29, 0.717) is 10.6 Å². The second kappa shape index (κ2) is 6.05. The molecule has 0 aliphatic heterocycles. The van der Waals surface area contributed by atoms with E-state index in [1.54, 1.807) is 6.07 Å². The number of nitrogens with one attached hydrogen (secondary N) is 1. The van der Waals surface area contributed by atoms with Gasteiger partial charge in [0.05, 0.1) is 23.0 Å². The highest BCUT2D eigenvalue weighted by Crippen LogP contribution is 2.39. The molecule has 0 radical (unpaired) electrons. The lowest BCUT2D eigenvalue weighted by Crippen LogP contribution is -2.43. The Morgan fingerprint density at radius 3 is 2.55 bits per heavy atom. The largest absolute Gasteiger partial charge is 0.342 e. The Morgan fingerprint density at radius 1 is 1.23 bits per heavy atom. The third-order valence-corrected chi connectivity index (χ3v) is 4.50. The predicted octanol–water partition coefficient (Wildman–Crippen LogP) is 3.64. The fraction of sp³-hybridized carbons (Fsp3) is 0.353. The van der Waals surface area contributed by atoms with E-state index in [-0.39, 0.29) is 11.4 Å². The van der Waals surface area contributed by atoms with E-state index >= 15 is 0 Å². The van der Waals surface area contributed by atoms with Gasteiger partial charge in [-0.25, -0.2) is 0 Å². The summed E-state index contributed by atoms with van der Waals surface area (Å²) >= 11 is 5.98. The summed E-state index contributed by atoms with van der Waals surface area (Å²) < 4.78 is 0. The van der Waals surface area contributed by atoms with Crippen LogP contribution in [-0.2, 0) is 5.54 Å². The molecule has 22 heavy (non-hydrogen) atoms. The van der Waals surface area contributed by atoms with Crippen molar-refractivity contribution in [2.24, 2.45) is 0 Å². The van der Waals surface area contributed by atoms with Crippen LogP contribution in [0, 0.1) is 6.92 Å². The number of benzene rings is 1. The molecule has 5 heteroatoms. The molecule has 1 aliphatic rings. The van der Waals surface area contributed by atoms with Crippen molar-refractivity contribution in [3.8, 4) is 0 Å². The van der Waals surface area contributed by atoms with Crippen LogP contribution in [0.1, 0.15) is 47.3 Å². The van der Waals surface area contributed by atoms with Crippen LogP contribution < -0.4 is 5.32 Å². The third-order valence-electron chi connectivity index (χ3n) is 4.25. The summed E-state index contributed by atoms with van der Waals surface area (Å²) in [5, 5.41) is 11.7. The van der Waals surface area contributed by atoms with Crippen molar-refractivity contribution in [3.05, 3.63) is 58.4 Å². The molecular formula is C17H18ClN3O. The number of amides is 1. The van der Waals surface area contributed by atoms with Crippen molar-refractivity contribution in [1.82, 2.24) is 15.5 Å². The molecular weight excluding hydrogens is 298 g/mol. The molecule has 1 heterocycles. The summed E-state index contributed by atoms with van der Waals surface area (Å²) in [6.45, 7) is 1.83. The number of halogens is 1. The van der Waals surface area contributed by atoms with Crippen molar-refractivity contribution in [2.75, 3.05) is 0 Å². The smallest absolute Gasteiger partial charge is 0.253 e. The van der Waals surface area contributed by atoms with Gasteiger partial charge in [0.15, 0.2) is 0 Å². The van der Waals surface area contributed by atoms with E-state index in [1.165, 1.54) is 6.20 Å². The first kappa shape index (κ1) is 15.0. The lowest BCUT2D eigenvalue weighted by Gasteiger charge is -2.31. The molecule has 114 valence electrons. The van der Waals surface area contributed by atoms with E-state index in [2.05, 4.69) is 15.5 Å². The van der Waals surface area contributed by atoms with E-state index in [9.17, 15) is 4.79 Å². The summed E-state index contributed by atoms with van der Waals surface area (Å²) in [7, 11) is 0. The first-order chi connectivity index (χ1) is 10.6. The van der Waals surface area contributed by atoms with Gasteiger partial charge in [-0.2, -0.15) is 10.2 Å². The standard InChI is InChI=1S/C17H18ClN3O/c1-12-10-13(11-19-21-12)16(22)20-17(8-2-3-9-17)14-4-6-15(18)7-5-14/h4-7,10-11H,2-3,8-9H2,1H3,(H,20,22). The highest BCUT2D eigenvalue weighted by Gasteiger charge is 2.37. The first-order valence-electron chi connectivity index (χ1n) is 7.47. The van der Waals surface area contributed by atoms with Crippen LogP contribution in [0.15, 0.2) is 36.5 Å². The van der Waals surface area contributed by atoms with Gasteiger partial charge in [0.2, 0.25) is 0 Å². The second-order valence-electron chi connectivity index (χ2n) is 5.84. The van der Waals surface area contributed by atoms with Gasteiger partial charge in [-0.1, -0.05) is 36.6 Å². The van der Waals surface area contributed by atoms with Gasteiger partial charge in [-0.05, 0) is 43.5 Å². The number of hydrogen-bond donors (Lipinski definition) is 1. The van der Waals surface area contributed by atoms with Crippen LogP contribution in [0.2, 0.25) is 5.02 Å². The van der Waals surface area contributed by atoms with Gasteiger partial charge >= 0.3 is 0 Å². The number of carbonyl (C=O) groups excluding carboxylic acids is 1. The fourth-order valence-corrected chi connectivity index (χ4v) is 3.25. The molecule has 2 aromatic rings. The Morgan fingerprint density at radius 2 is 1.91 bits per heavy atom. The Hall–Kier alpha value is -1.94. The zero-order valence-electron chi connectivity index (χ0n) is 12.5. The lowest BCUT2D eigenvalue weighted by molar-refractivity contribution is 0.0897. The molecule has 1 aromatic heterocycles. The number of rotatable bonds is 3. The van der Waals surface area contributed by atoms with Crippen LogP contribution in [0.4, 0.5) is 0 Å². The highest BCUT2D eigenvalue weighted by molar-refractivity contribution is 6.30. The van der Waals surface area contributed by atoms with Gasteiger partial charge in [-0.3, -0.25) is 4.79 Å². The summed E-state index contributed by atoms with van der Waals surface area (Å²) in [6, 6.07) is 9.52. The molecule has 1 aromatic carbocycles. The molecule has 0 bridgehead atoms. The van der Waals surface area contributed by atoms with Crippen molar-refractivity contribution < 1.29 is 4.79 Å². The minimum absolute atomic E-state index is 0.102. The molecule has 1 aliphatic carbocycles. The monoisotopic (exact) mass is 315 g/mol. The maximum Gasteiger partial charge on any atom is 0.253 e. The van der Waals surface area contributed by atoms with Crippen molar-refractivity contribution in [1.29, 1.82) is 0 Å². The fourth-order valence-electron chi connectivity index (χ4n) is 3.12. The van der Waals surface area contributed by atoms with Crippen LogP contribution >= 0.6 is 11.6 Å². The molecule has 1 saturated carbocycles. The van der Waals surface area contributed by atoms with E-state index in [0.717, 1.165) is 36.9 Å². The molecule has 4 nitrogen and oxygen atoms in total. The van der Waals surface area contributed by atoms with Gasteiger partial charge in [-0.15, -0.1) is 0 Å².